The van der Waals surface area contributed by atoms with E-state index in [4.69, 9.17) is 26.9 Å². The maximum absolute atomic E-state index is 5.63. The van der Waals surface area contributed by atoms with E-state index in [1.807, 2.05) is 0 Å². The Balaban J connectivity index is 1.49. The Bertz CT molecular complexity index is 703. The minimum Gasteiger partial charge on any atom is -0.378 e. The SMILES string of the molecule is CC1CCCN(c2cc(N3CCOCC3)nc(NC(=S)NC3CCCCCC3)n2)C1. The average Bonchev–Trinajstić information content (AvgIpc) is 3.03. The maximum Gasteiger partial charge on any atom is 0.232 e. The van der Waals surface area contributed by atoms with E-state index in [0.29, 0.717) is 23.0 Å². The van der Waals surface area contributed by atoms with Crippen molar-refractivity contribution in [3.8, 4) is 0 Å². The standard InChI is InChI=1S/C22H36N6OS/c1-17-7-6-10-28(16-17)20-15-19(27-11-13-29-14-12-27)24-21(25-20)26-22(30)23-18-8-4-2-3-5-9-18/h15,17-18H,2-14,16H2,1H3,(H2,23,24,25,26,30). The van der Waals surface area contributed by atoms with Gasteiger partial charge >= 0.3 is 0 Å². The van der Waals surface area contributed by atoms with E-state index in [1.54, 1.807) is 0 Å². The number of ether oxygens (including phenoxy) is 1. The Kier molecular flexibility index (Phi) is 7.60. The number of nitrogens with one attached hydrogen (secondary N) is 2. The number of aromatic nitrogens is 2. The third-order valence-corrected chi connectivity index (χ3v) is 6.65. The predicted molar refractivity (Wildman–Crippen MR) is 127 cm³/mol. The summed E-state index contributed by atoms with van der Waals surface area (Å²) in [6.45, 7) is 7.61. The molecule has 3 fully saturated rings. The van der Waals surface area contributed by atoms with Gasteiger partial charge in [-0.3, -0.25) is 0 Å². The highest BCUT2D eigenvalue weighted by molar-refractivity contribution is 7.80. The van der Waals surface area contributed by atoms with Gasteiger partial charge in [-0.2, -0.15) is 9.97 Å². The summed E-state index contributed by atoms with van der Waals surface area (Å²) in [6.07, 6.45) is 10.1. The molecule has 0 amide bonds. The second-order valence-corrected chi connectivity index (χ2v) is 9.40. The molecule has 2 saturated heterocycles. The first-order valence-electron chi connectivity index (χ1n) is 11.7. The molecule has 1 aromatic heterocycles. The van der Waals surface area contributed by atoms with Gasteiger partial charge in [-0.25, -0.2) is 0 Å². The molecular formula is C22H36N6OS. The summed E-state index contributed by atoms with van der Waals surface area (Å²) in [5, 5.41) is 7.44. The topological polar surface area (TPSA) is 65.6 Å². The van der Waals surface area contributed by atoms with Crippen molar-refractivity contribution in [3.05, 3.63) is 6.07 Å². The Labute approximate surface area is 186 Å². The van der Waals surface area contributed by atoms with Crippen LogP contribution in [0.4, 0.5) is 17.6 Å². The molecule has 0 radical (unpaired) electrons. The summed E-state index contributed by atoms with van der Waals surface area (Å²) in [6, 6.07) is 2.59. The number of hydrogen-bond donors (Lipinski definition) is 2. The summed E-state index contributed by atoms with van der Waals surface area (Å²) in [7, 11) is 0. The van der Waals surface area contributed by atoms with Gasteiger partial charge in [-0.15, -0.1) is 0 Å². The van der Waals surface area contributed by atoms with Crippen LogP contribution in [-0.4, -0.2) is 60.5 Å². The Morgan fingerprint density at radius 2 is 1.67 bits per heavy atom. The van der Waals surface area contributed by atoms with Crippen molar-refractivity contribution in [1.82, 2.24) is 15.3 Å². The van der Waals surface area contributed by atoms with Crippen molar-refractivity contribution in [2.24, 2.45) is 5.92 Å². The lowest BCUT2D eigenvalue weighted by molar-refractivity contribution is 0.122. The average molecular weight is 433 g/mol. The molecule has 4 rings (SSSR count). The number of piperidine rings is 1. The van der Waals surface area contributed by atoms with Gasteiger partial charge in [0.25, 0.3) is 0 Å². The first-order valence-corrected chi connectivity index (χ1v) is 12.1. The van der Waals surface area contributed by atoms with Gasteiger partial charge in [0.05, 0.1) is 13.2 Å². The second-order valence-electron chi connectivity index (χ2n) is 8.99. The highest BCUT2D eigenvalue weighted by Gasteiger charge is 2.22. The van der Waals surface area contributed by atoms with Crippen LogP contribution in [0.1, 0.15) is 58.3 Å². The minimum absolute atomic E-state index is 0.456. The summed E-state index contributed by atoms with van der Waals surface area (Å²) in [4.78, 5) is 14.4. The molecule has 0 bridgehead atoms. The van der Waals surface area contributed by atoms with E-state index < -0.39 is 0 Å². The molecule has 1 atom stereocenters. The molecule has 0 aromatic carbocycles. The second kappa shape index (κ2) is 10.6. The molecule has 3 heterocycles. The van der Waals surface area contributed by atoms with Crippen LogP contribution < -0.4 is 20.4 Å². The van der Waals surface area contributed by atoms with Crippen LogP contribution in [0.3, 0.4) is 0 Å². The highest BCUT2D eigenvalue weighted by atomic mass is 32.1. The van der Waals surface area contributed by atoms with Crippen LogP contribution in [0.25, 0.3) is 0 Å². The zero-order valence-electron chi connectivity index (χ0n) is 18.2. The van der Waals surface area contributed by atoms with Crippen LogP contribution in [0.2, 0.25) is 0 Å². The number of morpholine rings is 1. The molecule has 1 unspecified atom stereocenters. The molecule has 166 valence electrons. The van der Waals surface area contributed by atoms with Gasteiger partial charge in [-0.05, 0) is 43.8 Å². The molecule has 1 aliphatic carbocycles. The minimum atomic E-state index is 0.456. The van der Waals surface area contributed by atoms with Crippen LogP contribution in [0.15, 0.2) is 6.07 Å². The van der Waals surface area contributed by atoms with Crippen LogP contribution in [0, 0.1) is 5.92 Å². The molecule has 30 heavy (non-hydrogen) atoms. The highest BCUT2D eigenvalue weighted by Crippen LogP contribution is 2.26. The number of anilines is 3. The summed E-state index contributed by atoms with van der Waals surface area (Å²) in [5.41, 5.74) is 0. The van der Waals surface area contributed by atoms with E-state index in [0.717, 1.165) is 51.0 Å². The fourth-order valence-corrected chi connectivity index (χ4v) is 5.00. The van der Waals surface area contributed by atoms with Crippen LogP contribution in [-0.2, 0) is 4.74 Å². The lowest BCUT2D eigenvalue weighted by Crippen LogP contribution is -2.39. The third kappa shape index (κ3) is 5.94. The van der Waals surface area contributed by atoms with Crippen molar-refractivity contribution in [2.45, 2.75) is 64.3 Å². The van der Waals surface area contributed by atoms with Crippen LogP contribution >= 0.6 is 12.2 Å². The van der Waals surface area contributed by atoms with Gasteiger partial charge in [-0.1, -0.05) is 32.6 Å². The number of hydrogen-bond acceptors (Lipinski definition) is 6. The molecule has 2 aliphatic heterocycles. The lowest BCUT2D eigenvalue weighted by Gasteiger charge is -2.33. The van der Waals surface area contributed by atoms with Gasteiger partial charge in [0, 0.05) is 38.3 Å². The summed E-state index contributed by atoms with van der Waals surface area (Å²) in [5.74, 6) is 3.24. The fourth-order valence-electron chi connectivity index (χ4n) is 4.74. The fraction of sp³-hybridized carbons (Fsp3) is 0.773. The van der Waals surface area contributed by atoms with E-state index >= 15 is 0 Å². The van der Waals surface area contributed by atoms with Gasteiger partial charge in [0.1, 0.15) is 11.6 Å². The normalized spacial score (nSPS) is 23.7. The largest absolute Gasteiger partial charge is 0.378 e. The Hall–Kier alpha value is -1.67. The summed E-state index contributed by atoms with van der Waals surface area (Å²) < 4.78 is 5.53. The van der Waals surface area contributed by atoms with Crippen molar-refractivity contribution in [2.75, 3.05) is 54.5 Å². The van der Waals surface area contributed by atoms with E-state index in [9.17, 15) is 0 Å². The number of thiocarbonyl (C=S) groups is 1. The van der Waals surface area contributed by atoms with Gasteiger partial charge < -0.3 is 25.2 Å². The summed E-state index contributed by atoms with van der Waals surface area (Å²) >= 11 is 5.63. The van der Waals surface area contributed by atoms with Crippen molar-refractivity contribution < 1.29 is 4.74 Å². The maximum atomic E-state index is 5.63. The van der Waals surface area contributed by atoms with Crippen LogP contribution in [0.5, 0.6) is 0 Å². The lowest BCUT2D eigenvalue weighted by atomic mass is 10.0. The number of nitrogens with zero attached hydrogens (tertiary/aromatic N) is 4. The molecule has 7 nitrogen and oxygen atoms in total. The smallest absolute Gasteiger partial charge is 0.232 e. The number of rotatable bonds is 4. The molecule has 1 aromatic rings. The zero-order valence-corrected chi connectivity index (χ0v) is 19.1. The first-order chi connectivity index (χ1) is 14.7. The Morgan fingerprint density at radius 1 is 0.967 bits per heavy atom. The first kappa shape index (κ1) is 21.6. The van der Waals surface area contributed by atoms with E-state index in [1.165, 1.54) is 51.4 Å². The van der Waals surface area contributed by atoms with Gasteiger partial charge in [0.15, 0.2) is 5.11 Å². The third-order valence-electron chi connectivity index (χ3n) is 6.43. The van der Waals surface area contributed by atoms with Crippen molar-refractivity contribution in [3.63, 3.8) is 0 Å². The van der Waals surface area contributed by atoms with Gasteiger partial charge in [0.2, 0.25) is 5.95 Å². The molecule has 0 spiro atoms. The molecule has 8 heteroatoms. The van der Waals surface area contributed by atoms with Crippen molar-refractivity contribution in [1.29, 1.82) is 0 Å². The predicted octanol–water partition coefficient (Wildman–Crippen LogP) is 3.56. The van der Waals surface area contributed by atoms with E-state index in [2.05, 4.69) is 33.4 Å². The molecule has 1 saturated carbocycles. The zero-order chi connectivity index (χ0) is 20.8. The Morgan fingerprint density at radius 3 is 2.37 bits per heavy atom. The molecule has 3 aliphatic rings. The quantitative estimate of drug-likeness (QED) is 0.553. The van der Waals surface area contributed by atoms with Crippen molar-refractivity contribution >= 4 is 34.9 Å². The molecule has 2 N–H and O–H groups in total. The monoisotopic (exact) mass is 432 g/mol. The molecular weight excluding hydrogens is 396 g/mol. The van der Waals surface area contributed by atoms with E-state index in [-0.39, 0.29) is 0 Å².